The zero-order valence-corrected chi connectivity index (χ0v) is 12.0. The van der Waals surface area contributed by atoms with Gasteiger partial charge in [-0.3, -0.25) is 4.52 Å². The second-order valence-electron chi connectivity index (χ2n) is 2.71. The van der Waals surface area contributed by atoms with Crippen LogP contribution in [0.15, 0.2) is 18.2 Å². The molecule has 0 radical (unpaired) electrons. The van der Waals surface area contributed by atoms with Gasteiger partial charge in [0.1, 0.15) is 5.75 Å². The molecule has 0 aliphatic rings. The summed E-state index contributed by atoms with van der Waals surface area (Å²) in [5.41, 5.74) is 0. The standard InChI is InChI=1S/C9H11Cl2O3PS/c1-3-13-15(16,12-2)14-9-5-4-7(10)6-8(9)11/h4-6H,3H2,1-2H3. The second-order valence-corrected chi connectivity index (χ2v) is 6.60. The normalized spacial score (nSPS) is 14.5. The van der Waals surface area contributed by atoms with Crippen LogP contribution in [0.2, 0.25) is 10.0 Å². The summed E-state index contributed by atoms with van der Waals surface area (Å²) in [6.45, 7) is -0.533. The molecule has 3 nitrogen and oxygen atoms in total. The molecule has 1 aromatic rings. The number of hydrogen-bond donors (Lipinski definition) is 0. The Hall–Kier alpha value is 0.170. The lowest BCUT2D eigenvalue weighted by Crippen LogP contribution is -1.99. The molecule has 0 heterocycles. The van der Waals surface area contributed by atoms with Gasteiger partial charge in [0.05, 0.1) is 11.6 Å². The van der Waals surface area contributed by atoms with Crippen molar-refractivity contribution in [1.29, 1.82) is 0 Å². The van der Waals surface area contributed by atoms with Crippen LogP contribution in [-0.4, -0.2) is 13.7 Å². The van der Waals surface area contributed by atoms with Crippen LogP contribution < -0.4 is 4.52 Å². The molecule has 1 rings (SSSR count). The van der Waals surface area contributed by atoms with Crippen LogP contribution in [0.4, 0.5) is 0 Å². The molecule has 0 saturated heterocycles. The van der Waals surface area contributed by atoms with Crippen molar-refractivity contribution in [3.8, 4) is 5.75 Å². The van der Waals surface area contributed by atoms with Crippen LogP contribution in [-0.2, 0) is 20.9 Å². The van der Waals surface area contributed by atoms with Crippen molar-refractivity contribution >= 4 is 41.7 Å². The first-order chi connectivity index (χ1) is 7.50. The monoisotopic (exact) mass is 300 g/mol. The summed E-state index contributed by atoms with van der Waals surface area (Å²) in [4.78, 5) is 0. The summed E-state index contributed by atoms with van der Waals surface area (Å²) in [5.74, 6) is 0.407. The fraction of sp³-hybridized carbons (Fsp3) is 0.333. The van der Waals surface area contributed by atoms with E-state index >= 15 is 0 Å². The molecule has 0 fully saturated rings. The Morgan fingerprint density at radius 1 is 1.38 bits per heavy atom. The Morgan fingerprint density at radius 3 is 2.56 bits per heavy atom. The van der Waals surface area contributed by atoms with Crippen LogP contribution >= 0.6 is 29.9 Å². The first-order valence-electron chi connectivity index (χ1n) is 4.45. The van der Waals surface area contributed by atoms with Gasteiger partial charge < -0.3 is 9.05 Å². The lowest BCUT2D eigenvalue weighted by Gasteiger charge is -2.20. The summed E-state index contributed by atoms with van der Waals surface area (Å²) >= 11 is 16.8. The molecule has 0 N–H and O–H groups in total. The Bertz CT molecular complexity index is 414. The predicted octanol–water partition coefficient (Wildman–Crippen LogP) is 4.28. The molecule has 1 aromatic carbocycles. The first-order valence-corrected chi connectivity index (χ1v) is 7.77. The van der Waals surface area contributed by atoms with E-state index < -0.39 is 6.72 Å². The van der Waals surface area contributed by atoms with Gasteiger partial charge in [-0.2, -0.15) is 0 Å². The second kappa shape index (κ2) is 6.20. The molecule has 0 aromatic heterocycles. The summed E-state index contributed by atoms with van der Waals surface area (Å²) < 4.78 is 15.8. The largest absolute Gasteiger partial charge is 0.423 e. The number of rotatable bonds is 5. The molecule has 7 heteroatoms. The molecular weight excluding hydrogens is 290 g/mol. The van der Waals surface area contributed by atoms with Crippen molar-refractivity contribution in [1.82, 2.24) is 0 Å². The van der Waals surface area contributed by atoms with Gasteiger partial charge in [-0.1, -0.05) is 23.2 Å². The van der Waals surface area contributed by atoms with Crippen molar-refractivity contribution in [3.63, 3.8) is 0 Å². The molecular formula is C9H11Cl2O3PS. The van der Waals surface area contributed by atoms with Gasteiger partial charge in [-0.25, -0.2) is 0 Å². The van der Waals surface area contributed by atoms with Crippen molar-refractivity contribution in [3.05, 3.63) is 28.2 Å². The number of hydrogen-bond acceptors (Lipinski definition) is 4. The smallest absolute Gasteiger partial charge is 0.380 e. The maximum Gasteiger partial charge on any atom is 0.380 e. The van der Waals surface area contributed by atoms with Crippen molar-refractivity contribution in [2.75, 3.05) is 13.7 Å². The predicted molar refractivity (Wildman–Crippen MR) is 70.0 cm³/mol. The zero-order chi connectivity index (χ0) is 12.2. The Balaban J connectivity index is 2.90. The van der Waals surface area contributed by atoms with E-state index in [2.05, 4.69) is 0 Å². The minimum Gasteiger partial charge on any atom is -0.423 e. The molecule has 90 valence electrons. The van der Waals surface area contributed by atoms with Crippen LogP contribution in [0.25, 0.3) is 0 Å². The molecule has 1 atom stereocenters. The third-order valence-corrected chi connectivity index (χ3v) is 4.57. The van der Waals surface area contributed by atoms with E-state index in [0.717, 1.165) is 0 Å². The van der Waals surface area contributed by atoms with E-state index in [1.165, 1.54) is 7.11 Å². The molecule has 16 heavy (non-hydrogen) atoms. The van der Waals surface area contributed by atoms with Gasteiger partial charge in [0.25, 0.3) is 0 Å². The Morgan fingerprint density at radius 2 is 2.06 bits per heavy atom. The first kappa shape index (κ1) is 14.2. The Labute approximate surface area is 110 Å². The number of benzene rings is 1. The van der Waals surface area contributed by atoms with Gasteiger partial charge in [-0.05, 0) is 25.1 Å². The molecule has 0 aliphatic carbocycles. The van der Waals surface area contributed by atoms with Gasteiger partial charge >= 0.3 is 6.72 Å². The molecule has 0 aliphatic heterocycles. The highest BCUT2D eigenvalue weighted by Crippen LogP contribution is 2.50. The average molecular weight is 301 g/mol. The van der Waals surface area contributed by atoms with Crippen LogP contribution in [0, 0.1) is 0 Å². The minimum atomic E-state index is -2.76. The van der Waals surface area contributed by atoms with Gasteiger partial charge in [0.2, 0.25) is 0 Å². The molecule has 0 spiro atoms. The minimum absolute atomic E-state index is 0.374. The highest BCUT2D eigenvalue weighted by atomic mass is 35.5. The maximum atomic E-state index is 5.94. The molecule has 0 saturated carbocycles. The maximum absolute atomic E-state index is 5.94. The van der Waals surface area contributed by atoms with Crippen LogP contribution in [0.5, 0.6) is 5.75 Å². The highest BCUT2D eigenvalue weighted by molar-refractivity contribution is 8.07. The van der Waals surface area contributed by atoms with E-state index in [1.54, 1.807) is 18.2 Å². The summed E-state index contributed by atoms with van der Waals surface area (Å²) in [7, 11) is 1.44. The Kier molecular flexibility index (Phi) is 5.51. The van der Waals surface area contributed by atoms with E-state index in [1.807, 2.05) is 6.92 Å². The van der Waals surface area contributed by atoms with E-state index in [4.69, 9.17) is 48.6 Å². The molecule has 1 unspecified atom stereocenters. The van der Waals surface area contributed by atoms with Crippen LogP contribution in [0.3, 0.4) is 0 Å². The number of halogens is 2. The quantitative estimate of drug-likeness (QED) is 0.759. The van der Waals surface area contributed by atoms with Crippen molar-refractivity contribution in [2.24, 2.45) is 0 Å². The lowest BCUT2D eigenvalue weighted by atomic mass is 10.3. The zero-order valence-electron chi connectivity index (χ0n) is 8.78. The lowest BCUT2D eigenvalue weighted by molar-refractivity contribution is 0.242. The fourth-order valence-electron chi connectivity index (χ4n) is 0.944. The van der Waals surface area contributed by atoms with Gasteiger partial charge in [-0.15, -0.1) is 0 Å². The van der Waals surface area contributed by atoms with E-state index in [0.29, 0.717) is 22.4 Å². The summed E-state index contributed by atoms with van der Waals surface area (Å²) in [6.07, 6.45) is 0. The highest BCUT2D eigenvalue weighted by Gasteiger charge is 2.21. The summed E-state index contributed by atoms with van der Waals surface area (Å²) in [6, 6.07) is 4.85. The molecule has 0 amide bonds. The van der Waals surface area contributed by atoms with Gasteiger partial charge in [0, 0.05) is 23.9 Å². The van der Waals surface area contributed by atoms with Crippen LogP contribution in [0.1, 0.15) is 6.92 Å². The van der Waals surface area contributed by atoms with Crippen molar-refractivity contribution in [2.45, 2.75) is 6.92 Å². The third kappa shape index (κ3) is 3.88. The van der Waals surface area contributed by atoms with E-state index in [-0.39, 0.29) is 0 Å². The fourth-order valence-corrected chi connectivity index (χ4v) is 2.95. The van der Waals surface area contributed by atoms with Crippen molar-refractivity contribution < 1.29 is 13.6 Å². The summed E-state index contributed by atoms with van der Waals surface area (Å²) in [5, 5.41) is 0.901. The molecule has 0 bridgehead atoms. The topological polar surface area (TPSA) is 27.7 Å². The SMILES string of the molecule is CCOP(=S)(OC)Oc1ccc(Cl)cc1Cl. The van der Waals surface area contributed by atoms with Gasteiger partial charge in [0.15, 0.2) is 0 Å². The van der Waals surface area contributed by atoms with E-state index in [9.17, 15) is 0 Å². The third-order valence-electron chi connectivity index (χ3n) is 1.61. The average Bonchev–Trinajstić information content (AvgIpc) is 2.23.